The van der Waals surface area contributed by atoms with Gasteiger partial charge in [-0.05, 0) is 31.9 Å². The Morgan fingerprint density at radius 3 is 2.25 bits per heavy atom. The average Bonchev–Trinajstić information content (AvgIpc) is 2.49. The molecule has 1 fully saturated rings. The largest absolute Gasteiger partial charge is 0.493 e. The molecule has 112 valence electrons. The number of thioether (sulfide) groups is 1. The Labute approximate surface area is 125 Å². The summed E-state index contributed by atoms with van der Waals surface area (Å²) in [7, 11) is 3.26. The van der Waals surface area contributed by atoms with Gasteiger partial charge in [0.2, 0.25) is 0 Å². The quantitative estimate of drug-likeness (QED) is 0.816. The molecule has 1 saturated carbocycles. The first kappa shape index (κ1) is 15.2. The van der Waals surface area contributed by atoms with E-state index >= 15 is 0 Å². The summed E-state index contributed by atoms with van der Waals surface area (Å²) in [5.41, 5.74) is 7.73. The number of rotatable bonds is 5. The Hall–Kier alpha value is -1.23. The van der Waals surface area contributed by atoms with Crippen molar-refractivity contribution in [2.24, 2.45) is 0 Å². The number of hydrogen-bond donors (Lipinski definition) is 2. The summed E-state index contributed by atoms with van der Waals surface area (Å²) in [4.78, 5) is 0. The van der Waals surface area contributed by atoms with Crippen molar-refractivity contribution in [2.45, 2.75) is 37.0 Å². The van der Waals surface area contributed by atoms with Gasteiger partial charge >= 0.3 is 0 Å². The fourth-order valence-electron chi connectivity index (χ4n) is 2.68. The van der Waals surface area contributed by atoms with Crippen LogP contribution in [0.2, 0.25) is 0 Å². The molecule has 20 heavy (non-hydrogen) atoms. The van der Waals surface area contributed by atoms with Crippen LogP contribution in [0.5, 0.6) is 11.5 Å². The minimum Gasteiger partial charge on any atom is -0.493 e. The van der Waals surface area contributed by atoms with E-state index in [0.717, 1.165) is 10.9 Å². The molecule has 0 radical (unpaired) electrons. The average molecular weight is 296 g/mol. The summed E-state index contributed by atoms with van der Waals surface area (Å²) >= 11 is 1.98. The molecule has 0 atom stereocenters. The van der Waals surface area contributed by atoms with Crippen LogP contribution in [0.4, 0.5) is 11.4 Å². The number of hydrogen-bond acceptors (Lipinski definition) is 5. The maximum atomic E-state index is 6.09. The zero-order chi connectivity index (χ0) is 14.5. The Morgan fingerprint density at radius 1 is 1.10 bits per heavy atom. The molecule has 5 heteroatoms. The van der Waals surface area contributed by atoms with E-state index in [1.54, 1.807) is 14.2 Å². The highest BCUT2D eigenvalue weighted by atomic mass is 32.2. The molecule has 3 N–H and O–H groups in total. The number of methoxy groups -OCH3 is 2. The van der Waals surface area contributed by atoms with Crippen LogP contribution < -0.4 is 20.5 Å². The molecule has 2 rings (SSSR count). The number of nitrogens with one attached hydrogen (secondary N) is 1. The van der Waals surface area contributed by atoms with Crippen LogP contribution in [-0.4, -0.2) is 31.8 Å². The molecule has 0 aliphatic heterocycles. The third-order valence-electron chi connectivity index (χ3n) is 3.92. The lowest BCUT2D eigenvalue weighted by Crippen LogP contribution is -2.27. The number of benzene rings is 1. The van der Waals surface area contributed by atoms with E-state index in [2.05, 4.69) is 11.6 Å². The van der Waals surface area contributed by atoms with Crippen LogP contribution in [0, 0.1) is 0 Å². The lowest BCUT2D eigenvalue weighted by molar-refractivity contribution is 0.355. The summed E-state index contributed by atoms with van der Waals surface area (Å²) in [5, 5.41) is 4.37. The molecule has 0 spiro atoms. The lowest BCUT2D eigenvalue weighted by Gasteiger charge is -2.29. The first-order valence-electron chi connectivity index (χ1n) is 6.98. The van der Waals surface area contributed by atoms with E-state index in [4.69, 9.17) is 15.2 Å². The Kier molecular flexibility index (Phi) is 5.29. The molecular weight excluding hydrogens is 272 g/mol. The van der Waals surface area contributed by atoms with Crippen molar-refractivity contribution >= 4 is 23.1 Å². The maximum Gasteiger partial charge on any atom is 0.162 e. The van der Waals surface area contributed by atoms with Gasteiger partial charge in [0.05, 0.1) is 25.6 Å². The molecule has 0 amide bonds. The Morgan fingerprint density at radius 2 is 1.70 bits per heavy atom. The topological polar surface area (TPSA) is 56.5 Å². The zero-order valence-electron chi connectivity index (χ0n) is 12.4. The highest BCUT2D eigenvalue weighted by Gasteiger charge is 2.21. The monoisotopic (exact) mass is 296 g/mol. The van der Waals surface area contributed by atoms with Crippen molar-refractivity contribution in [1.29, 1.82) is 0 Å². The molecule has 0 heterocycles. The van der Waals surface area contributed by atoms with E-state index in [1.807, 2.05) is 23.9 Å². The van der Waals surface area contributed by atoms with E-state index in [0.29, 0.717) is 23.2 Å². The van der Waals surface area contributed by atoms with Crippen LogP contribution in [0.25, 0.3) is 0 Å². The van der Waals surface area contributed by atoms with Gasteiger partial charge in [0.1, 0.15) is 0 Å². The third kappa shape index (κ3) is 3.45. The second-order valence-electron chi connectivity index (χ2n) is 5.15. The number of ether oxygens (including phenoxy) is 2. The lowest BCUT2D eigenvalue weighted by atomic mass is 9.94. The fraction of sp³-hybridized carbons (Fsp3) is 0.600. The summed E-state index contributed by atoms with van der Waals surface area (Å²) in [6, 6.07) is 4.24. The van der Waals surface area contributed by atoms with Gasteiger partial charge in [-0.15, -0.1) is 0 Å². The first-order valence-corrected chi connectivity index (χ1v) is 8.27. The van der Waals surface area contributed by atoms with Gasteiger partial charge in [0, 0.05) is 23.4 Å². The molecule has 1 aliphatic carbocycles. The number of nitrogens with two attached hydrogens (primary N) is 1. The highest BCUT2D eigenvalue weighted by molar-refractivity contribution is 7.99. The van der Waals surface area contributed by atoms with E-state index in [-0.39, 0.29) is 0 Å². The zero-order valence-corrected chi connectivity index (χ0v) is 13.3. The van der Waals surface area contributed by atoms with Crippen molar-refractivity contribution in [2.75, 3.05) is 31.5 Å². The summed E-state index contributed by atoms with van der Waals surface area (Å²) in [6.45, 7) is 0. The summed E-state index contributed by atoms with van der Waals surface area (Å²) in [5.74, 6) is 1.38. The van der Waals surface area contributed by atoms with Crippen molar-refractivity contribution in [1.82, 2.24) is 0 Å². The van der Waals surface area contributed by atoms with Gasteiger partial charge in [-0.3, -0.25) is 0 Å². The Bertz CT molecular complexity index is 446. The van der Waals surface area contributed by atoms with Crippen molar-refractivity contribution < 1.29 is 9.47 Å². The van der Waals surface area contributed by atoms with Crippen LogP contribution in [0.15, 0.2) is 12.1 Å². The second-order valence-corrected chi connectivity index (χ2v) is 6.29. The molecule has 4 nitrogen and oxygen atoms in total. The minimum absolute atomic E-state index is 0.499. The number of anilines is 2. The molecule has 1 aliphatic rings. The Balaban J connectivity index is 2.06. The van der Waals surface area contributed by atoms with E-state index in [1.165, 1.54) is 25.7 Å². The van der Waals surface area contributed by atoms with Crippen LogP contribution >= 0.6 is 11.8 Å². The van der Waals surface area contributed by atoms with Gasteiger partial charge in [-0.25, -0.2) is 0 Å². The molecule has 1 aromatic carbocycles. The SMILES string of the molecule is COc1cc(N)c(NC2CCC(SC)CC2)cc1OC. The van der Waals surface area contributed by atoms with Crippen molar-refractivity contribution in [3.63, 3.8) is 0 Å². The van der Waals surface area contributed by atoms with Crippen LogP contribution in [-0.2, 0) is 0 Å². The van der Waals surface area contributed by atoms with Gasteiger partial charge in [0.25, 0.3) is 0 Å². The van der Waals surface area contributed by atoms with Crippen molar-refractivity contribution in [3.8, 4) is 11.5 Å². The molecular formula is C15H24N2O2S. The van der Waals surface area contributed by atoms with Crippen molar-refractivity contribution in [3.05, 3.63) is 12.1 Å². The van der Waals surface area contributed by atoms with Gasteiger partial charge in [-0.1, -0.05) is 0 Å². The highest BCUT2D eigenvalue weighted by Crippen LogP contribution is 2.36. The van der Waals surface area contributed by atoms with E-state index < -0.39 is 0 Å². The van der Waals surface area contributed by atoms with Gasteiger partial charge in [-0.2, -0.15) is 11.8 Å². The second kappa shape index (κ2) is 6.97. The van der Waals surface area contributed by atoms with E-state index in [9.17, 15) is 0 Å². The normalized spacial score (nSPS) is 22.4. The van der Waals surface area contributed by atoms with Crippen LogP contribution in [0.3, 0.4) is 0 Å². The molecule has 1 aromatic rings. The maximum absolute atomic E-state index is 6.09. The third-order valence-corrected chi connectivity index (χ3v) is 5.06. The smallest absolute Gasteiger partial charge is 0.162 e. The van der Waals surface area contributed by atoms with Gasteiger partial charge < -0.3 is 20.5 Å². The molecule has 0 aromatic heterocycles. The number of nitrogen functional groups attached to an aromatic ring is 1. The summed E-state index contributed by atoms with van der Waals surface area (Å²) < 4.78 is 10.6. The van der Waals surface area contributed by atoms with Crippen LogP contribution in [0.1, 0.15) is 25.7 Å². The first-order chi connectivity index (χ1) is 9.67. The van der Waals surface area contributed by atoms with Gasteiger partial charge in [0.15, 0.2) is 11.5 Å². The summed E-state index contributed by atoms with van der Waals surface area (Å²) in [6.07, 6.45) is 7.13. The minimum atomic E-state index is 0.499. The predicted molar refractivity (Wildman–Crippen MR) is 87.1 cm³/mol. The molecule has 0 unspecified atom stereocenters. The predicted octanol–water partition coefficient (Wildman–Crippen LogP) is 3.37. The molecule has 0 saturated heterocycles. The standard InChI is InChI=1S/C15H24N2O2S/c1-18-14-8-12(16)13(9-15(14)19-2)17-10-4-6-11(20-3)7-5-10/h8-11,17H,4-7,16H2,1-3H3. The molecule has 0 bridgehead atoms. The fourth-order valence-corrected chi connectivity index (χ4v) is 3.43.